The third-order valence-corrected chi connectivity index (χ3v) is 2.52. The summed E-state index contributed by atoms with van der Waals surface area (Å²) in [6.45, 7) is 2.69. The molecule has 112 valence electrons. The van der Waals surface area contributed by atoms with E-state index in [2.05, 4.69) is 5.32 Å². The number of hydrogen-bond donors (Lipinski definition) is 1. The molecule has 0 radical (unpaired) electrons. The molecule has 20 heavy (non-hydrogen) atoms. The van der Waals surface area contributed by atoms with Gasteiger partial charge in [-0.15, -0.1) is 0 Å². The number of methoxy groups -OCH3 is 1. The van der Waals surface area contributed by atoms with Crippen LogP contribution in [0, 0.1) is 29.1 Å². The minimum atomic E-state index is -2.16. The number of rotatable bonds is 6. The smallest absolute Gasteiger partial charge is 0.200 e. The Bertz CT molecular complexity index is 487. The first-order valence-electron chi connectivity index (χ1n) is 5.78. The first kappa shape index (κ1) is 16.6. The van der Waals surface area contributed by atoms with Crippen LogP contribution in [0.5, 0.6) is 0 Å². The van der Waals surface area contributed by atoms with Gasteiger partial charge in [-0.25, -0.2) is 22.0 Å². The van der Waals surface area contributed by atoms with Crippen LogP contribution in [0.15, 0.2) is 5.57 Å². The Morgan fingerprint density at radius 1 is 1.00 bits per heavy atom. The average molecular weight is 295 g/mol. The standard InChI is InChI=1S/C13H14F5NO/c1-7(6-19-3-4-20-2)5-8-9(14)11(16)13(18)12(17)10(8)15/h5,19H,3-4,6H2,1-2H3. The molecule has 1 N–H and O–H groups in total. The van der Waals surface area contributed by atoms with Crippen molar-refractivity contribution in [1.82, 2.24) is 5.32 Å². The van der Waals surface area contributed by atoms with Crippen LogP contribution in [-0.2, 0) is 4.74 Å². The van der Waals surface area contributed by atoms with E-state index in [1.165, 1.54) is 14.0 Å². The van der Waals surface area contributed by atoms with Crippen LogP contribution in [0.1, 0.15) is 12.5 Å². The summed E-state index contributed by atoms with van der Waals surface area (Å²) in [5.74, 6) is -9.73. The van der Waals surface area contributed by atoms with E-state index in [0.717, 1.165) is 6.08 Å². The summed E-state index contributed by atoms with van der Waals surface area (Å²) in [4.78, 5) is 0. The zero-order valence-corrected chi connectivity index (χ0v) is 11.0. The molecule has 0 unspecified atom stereocenters. The quantitative estimate of drug-likeness (QED) is 0.377. The second-order valence-electron chi connectivity index (χ2n) is 4.14. The molecule has 1 rings (SSSR count). The van der Waals surface area contributed by atoms with Crippen molar-refractivity contribution in [2.24, 2.45) is 0 Å². The summed E-state index contributed by atoms with van der Waals surface area (Å²) >= 11 is 0. The number of hydrogen-bond acceptors (Lipinski definition) is 2. The van der Waals surface area contributed by atoms with E-state index in [-0.39, 0.29) is 6.54 Å². The van der Waals surface area contributed by atoms with Gasteiger partial charge in [-0.2, -0.15) is 0 Å². The summed E-state index contributed by atoms with van der Waals surface area (Å²) in [7, 11) is 1.51. The minimum absolute atomic E-state index is 0.239. The molecule has 0 fully saturated rings. The molecule has 0 atom stereocenters. The number of halogens is 5. The maximum absolute atomic E-state index is 13.4. The molecule has 0 aliphatic heterocycles. The van der Waals surface area contributed by atoms with E-state index in [1.807, 2.05) is 0 Å². The zero-order chi connectivity index (χ0) is 15.3. The van der Waals surface area contributed by atoms with E-state index in [4.69, 9.17) is 4.74 Å². The van der Waals surface area contributed by atoms with E-state index >= 15 is 0 Å². The van der Waals surface area contributed by atoms with Crippen LogP contribution in [0.25, 0.3) is 6.08 Å². The van der Waals surface area contributed by atoms with Crippen molar-refractivity contribution in [1.29, 1.82) is 0 Å². The van der Waals surface area contributed by atoms with Gasteiger partial charge in [-0.3, -0.25) is 0 Å². The third kappa shape index (κ3) is 3.77. The first-order valence-corrected chi connectivity index (χ1v) is 5.78. The van der Waals surface area contributed by atoms with Crippen molar-refractivity contribution in [3.63, 3.8) is 0 Å². The largest absolute Gasteiger partial charge is 0.383 e. The van der Waals surface area contributed by atoms with Gasteiger partial charge in [-0.05, 0) is 13.0 Å². The maximum Gasteiger partial charge on any atom is 0.200 e. The lowest BCUT2D eigenvalue weighted by atomic mass is 10.1. The highest BCUT2D eigenvalue weighted by atomic mass is 19.2. The van der Waals surface area contributed by atoms with E-state index < -0.39 is 34.6 Å². The van der Waals surface area contributed by atoms with Crippen molar-refractivity contribution < 1.29 is 26.7 Å². The lowest BCUT2D eigenvalue weighted by Crippen LogP contribution is -2.21. The molecule has 0 spiro atoms. The summed E-state index contributed by atoms with van der Waals surface area (Å²) in [6, 6.07) is 0. The van der Waals surface area contributed by atoms with Crippen LogP contribution < -0.4 is 5.32 Å². The number of nitrogens with one attached hydrogen (secondary N) is 1. The molecule has 0 bridgehead atoms. The molecule has 1 aromatic rings. The Morgan fingerprint density at radius 3 is 2.00 bits per heavy atom. The number of benzene rings is 1. The Morgan fingerprint density at radius 2 is 1.50 bits per heavy atom. The topological polar surface area (TPSA) is 21.3 Å². The van der Waals surface area contributed by atoms with Crippen molar-refractivity contribution in [3.05, 3.63) is 40.2 Å². The van der Waals surface area contributed by atoms with Crippen LogP contribution in [0.4, 0.5) is 22.0 Å². The Kier molecular flexibility index (Phi) is 6.09. The second-order valence-corrected chi connectivity index (χ2v) is 4.14. The molecule has 0 saturated heterocycles. The van der Waals surface area contributed by atoms with Gasteiger partial charge in [0.2, 0.25) is 5.82 Å². The summed E-state index contributed by atoms with van der Waals surface area (Å²) in [5, 5.41) is 2.89. The fourth-order valence-electron chi connectivity index (χ4n) is 1.51. The summed E-state index contributed by atoms with van der Waals surface area (Å²) in [6.07, 6.45) is 0.927. The predicted molar refractivity (Wildman–Crippen MR) is 64.6 cm³/mol. The third-order valence-electron chi connectivity index (χ3n) is 2.52. The fourth-order valence-corrected chi connectivity index (χ4v) is 1.51. The predicted octanol–water partition coefficient (Wildman–Crippen LogP) is 3.02. The monoisotopic (exact) mass is 295 g/mol. The van der Waals surface area contributed by atoms with Crippen molar-refractivity contribution in [2.75, 3.05) is 26.8 Å². The van der Waals surface area contributed by atoms with Gasteiger partial charge >= 0.3 is 0 Å². The summed E-state index contributed by atoms with van der Waals surface area (Å²) < 4.78 is 70.4. The van der Waals surface area contributed by atoms with Gasteiger partial charge < -0.3 is 10.1 Å². The number of ether oxygens (including phenoxy) is 1. The maximum atomic E-state index is 13.4. The molecule has 7 heteroatoms. The Labute approximate surface area is 113 Å². The van der Waals surface area contributed by atoms with Gasteiger partial charge in [-0.1, -0.05) is 5.57 Å². The van der Waals surface area contributed by atoms with E-state index in [9.17, 15) is 22.0 Å². The molecule has 1 aromatic carbocycles. The van der Waals surface area contributed by atoms with E-state index in [0.29, 0.717) is 18.7 Å². The normalized spacial score (nSPS) is 12.1. The zero-order valence-electron chi connectivity index (χ0n) is 11.0. The molecular weight excluding hydrogens is 281 g/mol. The first-order chi connectivity index (χ1) is 9.40. The molecule has 0 heterocycles. The highest BCUT2D eigenvalue weighted by Gasteiger charge is 2.24. The fraction of sp³-hybridized carbons (Fsp3) is 0.385. The lowest BCUT2D eigenvalue weighted by Gasteiger charge is -2.07. The minimum Gasteiger partial charge on any atom is -0.383 e. The summed E-state index contributed by atoms with van der Waals surface area (Å²) in [5.41, 5.74) is -0.517. The SMILES string of the molecule is COCCNCC(C)=Cc1c(F)c(F)c(F)c(F)c1F. The molecule has 2 nitrogen and oxygen atoms in total. The van der Waals surface area contributed by atoms with Gasteiger partial charge in [0.15, 0.2) is 23.3 Å². The van der Waals surface area contributed by atoms with Crippen LogP contribution in [0.3, 0.4) is 0 Å². The average Bonchev–Trinajstić information content (AvgIpc) is 2.44. The molecule has 0 aliphatic carbocycles. The van der Waals surface area contributed by atoms with Crippen molar-refractivity contribution in [2.45, 2.75) is 6.92 Å². The van der Waals surface area contributed by atoms with E-state index in [1.54, 1.807) is 0 Å². The van der Waals surface area contributed by atoms with Crippen LogP contribution >= 0.6 is 0 Å². The van der Waals surface area contributed by atoms with Gasteiger partial charge in [0.1, 0.15) is 0 Å². The Balaban J connectivity index is 2.97. The second kappa shape index (κ2) is 7.35. The molecule has 0 aromatic heterocycles. The molecule has 0 amide bonds. The van der Waals surface area contributed by atoms with Crippen molar-refractivity contribution in [3.8, 4) is 0 Å². The van der Waals surface area contributed by atoms with Gasteiger partial charge in [0.05, 0.1) is 12.2 Å². The molecular formula is C13H14F5NO. The molecule has 0 aliphatic rings. The van der Waals surface area contributed by atoms with Crippen molar-refractivity contribution >= 4 is 6.08 Å². The highest BCUT2D eigenvalue weighted by Crippen LogP contribution is 2.24. The van der Waals surface area contributed by atoms with Gasteiger partial charge in [0, 0.05) is 20.2 Å². The van der Waals surface area contributed by atoms with Crippen LogP contribution in [-0.4, -0.2) is 26.8 Å². The molecule has 0 saturated carbocycles. The highest BCUT2D eigenvalue weighted by molar-refractivity contribution is 5.54. The van der Waals surface area contributed by atoms with Gasteiger partial charge in [0.25, 0.3) is 0 Å². The Hall–Kier alpha value is -1.47. The lowest BCUT2D eigenvalue weighted by molar-refractivity contribution is 0.200. The van der Waals surface area contributed by atoms with Crippen LogP contribution in [0.2, 0.25) is 0 Å².